The van der Waals surface area contributed by atoms with E-state index in [0.29, 0.717) is 5.78 Å². The van der Waals surface area contributed by atoms with Crippen LogP contribution in [0.4, 0.5) is 0 Å². The van der Waals surface area contributed by atoms with Crippen molar-refractivity contribution in [2.75, 3.05) is 0 Å². The Morgan fingerprint density at radius 3 is 1.92 bits per heavy atom. The molecule has 0 aromatic rings. The van der Waals surface area contributed by atoms with Crippen molar-refractivity contribution in [1.29, 1.82) is 0 Å². The van der Waals surface area contributed by atoms with E-state index in [2.05, 4.69) is 46.8 Å². The molecule has 2 rings (SSSR count). The molecule has 0 spiro atoms. The van der Waals surface area contributed by atoms with Crippen LogP contribution in [0.1, 0.15) is 34.6 Å². The lowest BCUT2D eigenvalue weighted by Crippen LogP contribution is -2.39. The molecular weight excluding hydrogens is 160 g/mol. The molecule has 0 N–H and O–H groups in total. The summed E-state index contributed by atoms with van der Waals surface area (Å²) in [4.78, 5) is 12.1. The fourth-order valence-corrected chi connectivity index (χ4v) is 3.14. The summed E-state index contributed by atoms with van der Waals surface area (Å²) < 4.78 is 0. The average Bonchev–Trinajstić information content (AvgIpc) is 2.26. The summed E-state index contributed by atoms with van der Waals surface area (Å²) >= 11 is 0. The second-order valence-corrected chi connectivity index (χ2v) is 5.75. The molecule has 0 aromatic carbocycles. The molecule has 2 atom stereocenters. The minimum atomic E-state index is -0.185. The smallest absolute Gasteiger partial charge is 0.146 e. The normalized spacial score (nSPS) is 44.4. The third-order valence-corrected chi connectivity index (χ3v) is 4.93. The Bertz CT molecular complexity index is 309. The van der Waals surface area contributed by atoms with Crippen LogP contribution in [0.2, 0.25) is 0 Å². The molecule has 72 valence electrons. The molecular formula is C12H18O. The quantitative estimate of drug-likeness (QED) is 0.521. The lowest BCUT2D eigenvalue weighted by atomic mass is 9.61. The Balaban J connectivity index is 2.66. The maximum absolute atomic E-state index is 12.1. The van der Waals surface area contributed by atoms with Gasteiger partial charge in [0, 0.05) is 16.7 Å². The summed E-state index contributed by atoms with van der Waals surface area (Å²) in [5.41, 5.74) is -0.0365. The molecule has 0 aliphatic heterocycles. The van der Waals surface area contributed by atoms with E-state index in [-0.39, 0.29) is 22.2 Å². The van der Waals surface area contributed by atoms with Crippen LogP contribution in [-0.4, -0.2) is 5.78 Å². The van der Waals surface area contributed by atoms with Gasteiger partial charge in [0.2, 0.25) is 0 Å². The van der Waals surface area contributed by atoms with E-state index >= 15 is 0 Å². The van der Waals surface area contributed by atoms with Gasteiger partial charge in [0.05, 0.1) is 0 Å². The average molecular weight is 178 g/mol. The van der Waals surface area contributed by atoms with Crippen LogP contribution in [0.25, 0.3) is 0 Å². The summed E-state index contributed by atoms with van der Waals surface area (Å²) in [5, 5.41) is 0. The van der Waals surface area contributed by atoms with Crippen LogP contribution in [0.15, 0.2) is 12.2 Å². The van der Waals surface area contributed by atoms with Crippen LogP contribution in [0.5, 0.6) is 0 Å². The van der Waals surface area contributed by atoms with E-state index in [1.54, 1.807) is 0 Å². The van der Waals surface area contributed by atoms with Crippen molar-refractivity contribution in [3.05, 3.63) is 12.2 Å². The van der Waals surface area contributed by atoms with Crippen molar-refractivity contribution in [2.24, 2.45) is 22.2 Å². The highest BCUT2D eigenvalue weighted by atomic mass is 16.1. The highest BCUT2D eigenvalue weighted by Crippen LogP contribution is 2.67. The maximum Gasteiger partial charge on any atom is 0.146 e. The summed E-state index contributed by atoms with van der Waals surface area (Å²) in [6.45, 7) is 10.8. The standard InChI is InChI=1S/C12H18O/c1-10(2)8-6-7-12(10,5)11(3,4)9(8)13/h6-8H,1-5H3. The van der Waals surface area contributed by atoms with Crippen LogP contribution in [-0.2, 0) is 4.79 Å². The van der Waals surface area contributed by atoms with E-state index in [0.717, 1.165) is 0 Å². The summed E-state index contributed by atoms with van der Waals surface area (Å²) in [6, 6.07) is 0. The minimum Gasteiger partial charge on any atom is -0.298 e. The van der Waals surface area contributed by atoms with Gasteiger partial charge >= 0.3 is 0 Å². The Kier molecular flexibility index (Phi) is 1.32. The number of carbonyl (C=O) groups is 1. The SMILES string of the molecule is CC1(C)C(=O)C2C=CC1(C)C2(C)C. The van der Waals surface area contributed by atoms with Gasteiger partial charge in [-0.05, 0) is 5.41 Å². The van der Waals surface area contributed by atoms with Crippen LogP contribution in [0.3, 0.4) is 0 Å². The monoisotopic (exact) mass is 178 g/mol. The van der Waals surface area contributed by atoms with Crippen molar-refractivity contribution in [2.45, 2.75) is 34.6 Å². The second-order valence-electron chi connectivity index (χ2n) is 5.75. The van der Waals surface area contributed by atoms with E-state index in [4.69, 9.17) is 0 Å². The minimum absolute atomic E-state index is 0.0434. The van der Waals surface area contributed by atoms with Crippen molar-refractivity contribution in [3.8, 4) is 0 Å². The van der Waals surface area contributed by atoms with E-state index in [1.807, 2.05) is 0 Å². The molecule has 1 nitrogen and oxygen atoms in total. The van der Waals surface area contributed by atoms with Gasteiger partial charge in [-0.1, -0.05) is 46.8 Å². The number of hydrogen-bond donors (Lipinski definition) is 0. The van der Waals surface area contributed by atoms with E-state index < -0.39 is 0 Å². The Hall–Kier alpha value is -0.590. The van der Waals surface area contributed by atoms with Gasteiger partial charge < -0.3 is 0 Å². The fraction of sp³-hybridized carbons (Fsp3) is 0.750. The molecule has 0 heterocycles. The number of ketones is 1. The molecule has 2 aliphatic carbocycles. The van der Waals surface area contributed by atoms with Crippen LogP contribution in [0, 0.1) is 22.2 Å². The van der Waals surface area contributed by atoms with Crippen molar-refractivity contribution in [1.82, 2.24) is 0 Å². The zero-order valence-electron chi connectivity index (χ0n) is 9.14. The van der Waals surface area contributed by atoms with Gasteiger partial charge in [-0.25, -0.2) is 0 Å². The molecule has 0 amide bonds. The molecule has 1 fully saturated rings. The molecule has 0 radical (unpaired) electrons. The van der Waals surface area contributed by atoms with Gasteiger partial charge in [0.1, 0.15) is 5.78 Å². The molecule has 0 saturated heterocycles. The molecule has 1 heteroatoms. The first-order valence-corrected chi connectivity index (χ1v) is 4.99. The number of Topliss-reactive ketones (excluding diaryl/α,β-unsaturated/α-hetero) is 1. The summed E-state index contributed by atoms with van der Waals surface area (Å²) in [7, 11) is 0. The van der Waals surface area contributed by atoms with Crippen LogP contribution >= 0.6 is 0 Å². The first-order chi connectivity index (χ1) is 5.75. The molecule has 2 aliphatic rings. The van der Waals surface area contributed by atoms with E-state index in [1.165, 1.54) is 0 Å². The zero-order chi connectivity index (χ0) is 10.1. The molecule has 0 aromatic heterocycles. The zero-order valence-corrected chi connectivity index (χ0v) is 9.14. The Morgan fingerprint density at radius 1 is 1.15 bits per heavy atom. The van der Waals surface area contributed by atoms with Crippen molar-refractivity contribution in [3.63, 3.8) is 0 Å². The highest BCUT2D eigenvalue weighted by molar-refractivity contribution is 5.94. The maximum atomic E-state index is 12.1. The fourth-order valence-electron chi connectivity index (χ4n) is 3.14. The second kappa shape index (κ2) is 1.92. The van der Waals surface area contributed by atoms with Crippen molar-refractivity contribution < 1.29 is 4.79 Å². The number of carbonyl (C=O) groups excluding carboxylic acids is 1. The Labute approximate surface area is 80.2 Å². The molecule has 1 saturated carbocycles. The van der Waals surface area contributed by atoms with Gasteiger partial charge in [-0.15, -0.1) is 0 Å². The van der Waals surface area contributed by atoms with Crippen LogP contribution < -0.4 is 0 Å². The molecule has 2 bridgehead atoms. The molecule has 13 heavy (non-hydrogen) atoms. The first kappa shape index (κ1) is 8.98. The lowest BCUT2D eigenvalue weighted by molar-refractivity contribution is -0.128. The number of rotatable bonds is 0. The summed E-state index contributed by atoms with van der Waals surface area (Å²) in [6.07, 6.45) is 4.35. The predicted octanol–water partition coefficient (Wildman–Crippen LogP) is 2.81. The topological polar surface area (TPSA) is 17.1 Å². The van der Waals surface area contributed by atoms with Gasteiger partial charge in [0.15, 0.2) is 0 Å². The van der Waals surface area contributed by atoms with Gasteiger partial charge in [0.25, 0.3) is 0 Å². The highest BCUT2D eigenvalue weighted by Gasteiger charge is 2.67. The molecule has 2 unspecified atom stereocenters. The van der Waals surface area contributed by atoms with E-state index in [9.17, 15) is 4.79 Å². The first-order valence-electron chi connectivity index (χ1n) is 4.99. The third kappa shape index (κ3) is 0.651. The number of hydrogen-bond acceptors (Lipinski definition) is 1. The van der Waals surface area contributed by atoms with Crippen molar-refractivity contribution >= 4 is 5.78 Å². The lowest BCUT2D eigenvalue weighted by Gasteiger charge is -2.41. The third-order valence-electron chi connectivity index (χ3n) is 4.93. The predicted molar refractivity (Wildman–Crippen MR) is 53.3 cm³/mol. The summed E-state index contributed by atoms with van der Waals surface area (Å²) in [5.74, 6) is 0.565. The van der Waals surface area contributed by atoms with Gasteiger partial charge in [-0.2, -0.15) is 0 Å². The van der Waals surface area contributed by atoms with Gasteiger partial charge in [-0.3, -0.25) is 4.79 Å². The number of allylic oxidation sites excluding steroid dienone is 2. The Morgan fingerprint density at radius 2 is 1.69 bits per heavy atom. The number of fused-ring (bicyclic) bond motifs is 2. The largest absolute Gasteiger partial charge is 0.298 e.